The van der Waals surface area contributed by atoms with Crippen LogP contribution >= 0.6 is 57.1 Å². The molecule has 0 spiro atoms. The van der Waals surface area contributed by atoms with Gasteiger partial charge in [0.1, 0.15) is 0 Å². The van der Waals surface area contributed by atoms with Crippen LogP contribution in [0.15, 0.2) is 24.3 Å². The third-order valence-electron chi connectivity index (χ3n) is 2.49. The molecule has 0 bridgehead atoms. The fraction of sp³-hybridized carbons (Fsp3) is 0.167. The fourth-order valence-corrected chi connectivity index (χ4v) is 3.28. The molecule has 17 heavy (non-hydrogen) atoms. The monoisotopic (exact) mass is 397 g/mol. The van der Waals surface area contributed by atoms with E-state index in [0.717, 1.165) is 28.9 Å². The summed E-state index contributed by atoms with van der Waals surface area (Å²) in [5, 5.41) is 0.734. The van der Waals surface area contributed by atoms with Crippen LogP contribution in [0.4, 0.5) is 0 Å². The fourth-order valence-electron chi connectivity index (χ4n) is 1.51. The second kappa shape index (κ2) is 5.45. The van der Waals surface area contributed by atoms with Crippen LogP contribution in [0.3, 0.4) is 0 Å². The number of nitrogens with two attached hydrogens (primary N) is 1. The molecule has 1 heterocycles. The molecule has 1 unspecified atom stereocenters. The number of halogens is 3. The topological polar surface area (TPSA) is 26.0 Å². The Morgan fingerprint density at radius 3 is 2.53 bits per heavy atom. The molecule has 0 fully saturated rings. The SMILES string of the molecule is Cc1cc(C(N)c2ccc(I)c(Cl)c2)sc1Cl. The molecule has 1 nitrogen and oxygen atoms in total. The standard InChI is InChI=1S/C12H10Cl2INS/c1-6-4-10(17-12(6)14)11(16)7-2-3-9(15)8(13)5-7/h2-5,11H,16H2,1H3. The summed E-state index contributed by atoms with van der Waals surface area (Å²) in [6, 6.07) is 7.75. The van der Waals surface area contributed by atoms with Crippen molar-refractivity contribution in [2.45, 2.75) is 13.0 Å². The van der Waals surface area contributed by atoms with E-state index < -0.39 is 0 Å². The van der Waals surface area contributed by atoms with Gasteiger partial charge < -0.3 is 5.73 Å². The molecule has 0 radical (unpaired) electrons. The van der Waals surface area contributed by atoms with Crippen molar-refractivity contribution in [2.75, 3.05) is 0 Å². The van der Waals surface area contributed by atoms with Gasteiger partial charge in [-0.1, -0.05) is 29.3 Å². The van der Waals surface area contributed by atoms with Gasteiger partial charge in [0.2, 0.25) is 0 Å². The van der Waals surface area contributed by atoms with Gasteiger partial charge in [0.15, 0.2) is 0 Å². The van der Waals surface area contributed by atoms with E-state index in [9.17, 15) is 0 Å². The molecule has 1 atom stereocenters. The van der Waals surface area contributed by atoms with E-state index in [1.807, 2.05) is 31.2 Å². The van der Waals surface area contributed by atoms with E-state index >= 15 is 0 Å². The minimum atomic E-state index is -0.166. The number of hydrogen-bond donors (Lipinski definition) is 1. The highest BCUT2D eigenvalue weighted by molar-refractivity contribution is 14.1. The quantitative estimate of drug-likeness (QED) is 0.707. The maximum absolute atomic E-state index is 6.21. The number of benzene rings is 1. The van der Waals surface area contributed by atoms with E-state index in [-0.39, 0.29) is 6.04 Å². The van der Waals surface area contributed by atoms with Crippen molar-refractivity contribution in [3.8, 4) is 0 Å². The number of hydrogen-bond acceptors (Lipinski definition) is 2. The van der Waals surface area contributed by atoms with Gasteiger partial charge in [-0.15, -0.1) is 11.3 Å². The van der Waals surface area contributed by atoms with Crippen molar-refractivity contribution in [3.63, 3.8) is 0 Å². The van der Waals surface area contributed by atoms with Crippen LogP contribution in [0.25, 0.3) is 0 Å². The van der Waals surface area contributed by atoms with Crippen molar-refractivity contribution >= 4 is 57.1 Å². The van der Waals surface area contributed by atoms with Crippen LogP contribution in [0.5, 0.6) is 0 Å². The Morgan fingerprint density at radius 1 is 1.29 bits per heavy atom. The first-order valence-electron chi connectivity index (χ1n) is 4.95. The number of rotatable bonds is 2. The van der Waals surface area contributed by atoms with Crippen molar-refractivity contribution in [1.29, 1.82) is 0 Å². The Morgan fingerprint density at radius 2 is 2.00 bits per heavy atom. The maximum atomic E-state index is 6.21. The van der Waals surface area contributed by atoms with Crippen LogP contribution in [-0.4, -0.2) is 0 Å². The van der Waals surface area contributed by atoms with Crippen LogP contribution < -0.4 is 5.73 Å². The summed E-state index contributed by atoms with van der Waals surface area (Å²) in [7, 11) is 0. The summed E-state index contributed by atoms with van der Waals surface area (Å²) in [5.74, 6) is 0. The Kier molecular flexibility index (Phi) is 4.36. The summed E-state index contributed by atoms with van der Waals surface area (Å²) < 4.78 is 1.83. The van der Waals surface area contributed by atoms with Crippen molar-refractivity contribution in [3.05, 3.63) is 53.2 Å². The Balaban J connectivity index is 2.36. The summed E-state index contributed by atoms with van der Waals surface area (Å²) in [4.78, 5) is 1.06. The van der Waals surface area contributed by atoms with Crippen LogP contribution in [0.2, 0.25) is 9.36 Å². The molecule has 0 aliphatic carbocycles. The van der Waals surface area contributed by atoms with Gasteiger partial charge in [-0.3, -0.25) is 0 Å². The lowest BCUT2D eigenvalue weighted by molar-refractivity contribution is 0.892. The first-order valence-corrected chi connectivity index (χ1v) is 7.60. The smallest absolute Gasteiger partial charge is 0.0961 e. The highest BCUT2D eigenvalue weighted by Gasteiger charge is 2.14. The van der Waals surface area contributed by atoms with Gasteiger partial charge in [0.05, 0.1) is 15.4 Å². The van der Waals surface area contributed by atoms with Crippen molar-refractivity contribution in [1.82, 2.24) is 0 Å². The lowest BCUT2D eigenvalue weighted by atomic mass is 10.1. The third kappa shape index (κ3) is 2.96. The lowest BCUT2D eigenvalue weighted by Gasteiger charge is -2.10. The van der Waals surface area contributed by atoms with Gasteiger partial charge >= 0.3 is 0 Å². The van der Waals surface area contributed by atoms with Gasteiger partial charge in [-0.05, 0) is 58.8 Å². The molecule has 0 saturated heterocycles. The molecule has 0 aliphatic heterocycles. The van der Waals surface area contributed by atoms with Gasteiger partial charge in [0, 0.05) is 8.45 Å². The molecular weight excluding hydrogens is 388 g/mol. The molecule has 1 aromatic carbocycles. The number of aryl methyl sites for hydroxylation is 1. The summed E-state index contributed by atoms with van der Waals surface area (Å²) >= 11 is 15.9. The first-order chi connectivity index (χ1) is 7.99. The summed E-state index contributed by atoms with van der Waals surface area (Å²) in [5.41, 5.74) is 8.28. The van der Waals surface area contributed by atoms with Crippen molar-refractivity contribution < 1.29 is 0 Å². The molecular formula is C12H10Cl2INS. The molecule has 2 aromatic rings. The average molecular weight is 398 g/mol. The molecule has 2 rings (SSSR count). The Labute approximate surface area is 128 Å². The molecule has 0 amide bonds. The highest BCUT2D eigenvalue weighted by Crippen LogP contribution is 2.34. The minimum Gasteiger partial charge on any atom is -0.320 e. The van der Waals surface area contributed by atoms with E-state index in [0.29, 0.717) is 0 Å². The van der Waals surface area contributed by atoms with E-state index in [1.54, 1.807) is 0 Å². The maximum Gasteiger partial charge on any atom is 0.0961 e. The molecule has 0 aliphatic rings. The van der Waals surface area contributed by atoms with E-state index in [4.69, 9.17) is 28.9 Å². The zero-order chi connectivity index (χ0) is 12.6. The molecule has 5 heteroatoms. The average Bonchev–Trinajstić information content (AvgIpc) is 2.62. The predicted octanol–water partition coefficient (Wildman–Crippen LogP) is 5.02. The second-order valence-electron chi connectivity index (χ2n) is 3.76. The molecule has 2 N–H and O–H groups in total. The summed E-state index contributed by atoms with van der Waals surface area (Å²) in [6.45, 7) is 1.98. The van der Waals surface area contributed by atoms with Crippen LogP contribution in [-0.2, 0) is 0 Å². The molecule has 90 valence electrons. The van der Waals surface area contributed by atoms with Crippen LogP contribution in [0.1, 0.15) is 22.0 Å². The normalized spacial score (nSPS) is 12.8. The zero-order valence-corrected chi connectivity index (χ0v) is 13.5. The molecule has 0 saturated carbocycles. The second-order valence-corrected chi connectivity index (χ2v) is 7.01. The summed E-state index contributed by atoms with van der Waals surface area (Å²) in [6.07, 6.45) is 0. The molecule has 1 aromatic heterocycles. The Bertz CT molecular complexity index is 534. The number of thiophene rings is 1. The van der Waals surface area contributed by atoms with E-state index in [2.05, 4.69) is 22.6 Å². The predicted molar refractivity (Wildman–Crippen MR) is 84.3 cm³/mol. The van der Waals surface area contributed by atoms with Crippen molar-refractivity contribution in [2.24, 2.45) is 5.73 Å². The first kappa shape index (κ1) is 13.6. The van der Waals surface area contributed by atoms with Gasteiger partial charge in [-0.25, -0.2) is 0 Å². The van der Waals surface area contributed by atoms with Gasteiger partial charge in [0.25, 0.3) is 0 Å². The largest absolute Gasteiger partial charge is 0.320 e. The highest BCUT2D eigenvalue weighted by atomic mass is 127. The minimum absolute atomic E-state index is 0.166. The van der Waals surface area contributed by atoms with Crippen LogP contribution in [0, 0.1) is 10.5 Å². The third-order valence-corrected chi connectivity index (χ3v) is 5.70. The van der Waals surface area contributed by atoms with E-state index in [1.165, 1.54) is 11.3 Å². The lowest BCUT2D eigenvalue weighted by Crippen LogP contribution is -2.10. The zero-order valence-electron chi connectivity index (χ0n) is 9.01. The van der Waals surface area contributed by atoms with Gasteiger partial charge in [-0.2, -0.15) is 0 Å². The Hall–Kier alpha value is 0.190.